The van der Waals surface area contributed by atoms with Gasteiger partial charge in [-0.25, -0.2) is 4.79 Å². The lowest BCUT2D eigenvalue weighted by Gasteiger charge is -2.27. The molecular weight excluding hydrogens is 234 g/mol. The SMILES string of the molecule is CCc1occc1C(=O)NC(C(=O)O)C(C)(C)C. The number of rotatable bonds is 4. The van der Waals surface area contributed by atoms with Gasteiger partial charge in [0.25, 0.3) is 5.91 Å². The predicted molar refractivity (Wildman–Crippen MR) is 66.4 cm³/mol. The third-order valence-corrected chi connectivity index (χ3v) is 2.70. The number of carbonyl (C=O) groups excluding carboxylic acids is 1. The van der Waals surface area contributed by atoms with Crippen molar-refractivity contribution in [2.24, 2.45) is 5.41 Å². The smallest absolute Gasteiger partial charge is 0.326 e. The van der Waals surface area contributed by atoms with Crippen LogP contribution in [0.4, 0.5) is 0 Å². The Balaban J connectivity index is 2.89. The van der Waals surface area contributed by atoms with Crippen molar-refractivity contribution in [2.75, 3.05) is 0 Å². The second-order valence-electron chi connectivity index (χ2n) is 5.22. The van der Waals surface area contributed by atoms with Crippen molar-refractivity contribution in [3.05, 3.63) is 23.7 Å². The number of hydrogen-bond donors (Lipinski definition) is 2. The Hall–Kier alpha value is -1.78. The van der Waals surface area contributed by atoms with Gasteiger partial charge in [0.15, 0.2) is 0 Å². The largest absolute Gasteiger partial charge is 0.480 e. The molecule has 1 aromatic rings. The minimum atomic E-state index is -1.04. The fourth-order valence-corrected chi connectivity index (χ4v) is 1.67. The van der Waals surface area contributed by atoms with E-state index in [0.29, 0.717) is 17.7 Å². The summed E-state index contributed by atoms with van der Waals surface area (Å²) in [5.74, 6) is -0.897. The first-order chi connectivity index (χ1) is 8.27. The first-order valence-electron chi connectivity index (χ1n) is 5.87. The highest BCUT2D eigenvalue weighted by Gasteiger charge is 2.33. The van der Waals surface area contributed by atoms with Gasteiger partial charge in [0, 0.05) is 6.42 Å². The molecule has 0 radical (unpaired) electrons. The molecule has 5 nitrogen and oxygen atoms in total. The summed E-state index contributed by atoms with van der Waals surface area (Å²) < 4.78 is 5.15. The van der Waals surface area contributed by atoms with Crippen LogP contribution < -0.4 is 5.32 Å². The van der Waals surface area contributed by atoms with Crippen molar-refractivity contribution in [1.29, 1.82) is 0 Å². The Morgan fingerprint density at radius 2 is 2.06 bits per heavy atom. The zero-order valence-electron chi connectivity index (χ0n) is 11.1. The molecule has 0 bridgehead atoms. The second kappa shape index (κ2) is 5.25. The monoisotopic (exact) mass is 253 g/mol. The molecule has 0 saturated heterocycles. The molecule has 0 aliphatic heterocycles. The van der Waals surface area contributed by atoms with Crippen LogP contribution in [0.2, 0.25) is 0 Å². The Labute approximate surface area is 106 Å². The van der Waals surface area contributed by atoms with E-state index >= 15 is 0 Å². The third kappa shape index (κ3) is 3.12. The summed E-state index contributed by atoms with van der Waals surface area (Å²) >= 11 is 0. The number of carboxylic acid groups (broad SMARTS) is 1. The zero-order chi connectivity index (χ0) is 13.9. The van der Waals surface area contributed by atoms with Gasteiger partial charge in [0.1, 0.15) is 11.8 Å². The summed E-state index contributed by atoms with van der Waals surface area (Å²) in [5.41, 5.74) is -0.162. The molecule has 100 valence electrons. The van der Waals surface area contributed by atoms with Crippen LogP contribution in [0, 0.1) is 5.41 Å². The van der Waals surface area contributed by atoms with E-state index in [4.69, 9.17) is 9.52 Å². The number of amides is 1. The van der Waals surface area contributed by atoms with Crippen LogP contribution in [0.15, 0.2) is 16.7 Å². The molecular formula is C13H19NO4. The van der Waals surface area contributed by atoms with Crippen LogP contribution in [0.25, 0.3) is 0 Å². The molecule has 1 amide bonds. The van der Waals surface area contributed by atoms with Gasteiger partial charge in [0.2, 0.25) is 0 Å². The van der Waals surface area contributed by atoms with Crippen molar-refractivity contribution in [3.8, 4) is 0 Å². The quantitative estimate of drug-likeness (QED) is 0.860. The van der Waals surface area contributed by atoms with Gasteiger partial charge in [-0.1, -0.05) is 27.7 Å². The van der Waals surface area contributed by atoms with Gasteiger partial charge in [0.05, 0.1) is 11.8 Å². The molecule has 1 heterocycles. The number of aliphatic carboxylic acids is 1. The number of nitrogens with one attached hydrogen (secondary N) is 1. The first kappa shape index (κ1) is 14.3. The maximum atomic E-state index is 12.0. The van der Waals surface area contributed by atoms with Gasteiger partial charge in [-0.05, 0) is 11.5 Å². The Kier molecular flexibility index (Phi) is 4.16. The van der Waals surface area contributed by atoms with Gasteiger partial charge in [-0.15, -0.1) is 0 Å². The summed E-state index contributed by atoms with van der Waals surface area (Å²) in [5, 5.41) is 11.7. The number of carboxylic acids is 1. The topological polar surface area (TPSA) is 79.5 Å². The molecule has 0 saturated carbocycles. The number of aryl methyl sites for hydroxylation is 1. The van der Waals surface area contributed by atoms with Crippen molar-refractivity contribution in [3.63, 3.8) is 0 Å². The Morgan fingerprint density at radius 1 is 1.44 bits per heavy atom. The normalized spacial score (nSPS) is 13.1. The van der Waals surface area contributed by atoms with Crippen LogP contribution in [0.5, 0.6) is 0 Å². The molecule has 18 heavy (non-hydrogen) atoms. The van der Waals surface area contributed by atoms with E-state index in [2.05, 4.69) is 5.32 Å². The molecule has 0 aliphatic carbocycles. The van der Waals surface area contributed by atoms with E-state index in [1.54, 1.807) is 26.8 Å². The van der Waals surface area contributed by atoms with Crippen molar-refractivity contribution in [2.45, 2.75) is 40.2 Å². The highest BCUT2D eigenvalue weighted by Crippen LogP contribution is 2.20. The summed E-state index contributed by atoms with van der Waals surface area (Å²) in [6, 6.07) is 0.611. The standard InChI is InChI=1S/C13H19NO4/c1-5-9-8(6-7-18-9)11(15)14-10(12(16)17)13(2,3)4/h6-7,10H,5H2,1-4H3,(H,14,15)(H,16,17). The van der Waals surface area contributed by atoms with Gasteiger partial charge < -0.3 is 14.8 Å². The molecule has 5 heteroatoms. The lowest BCUT2D eigenvalue weighted by atomic mass is 9.86. The summed E-state index contributed by atoms with van der Waals surface area (Å²) in [6.45, 7) is 7.17. The fourth-order valence-electron chi connectivity index (χ4n) is 1.67. The molecule has 1 rings (SSSR count). The lowest BCUT2D eigenvalue weighted by Crippen LogP contribution is -2.49. The lowest BCUT2D eigenvalue weighted by molar-refractivity contribution is -0.142. The van der Waals surface area contributed by atoms with Crippen molar-refractivity contribution in [1.82, 2.24) is 5.32 Å². The molecule has 0 spiro atoms. The molecule has 1 atom stereocenters. The van der Waals surface area contributed by atoms with E-state index in [-0.39, 0.29) is 0 Å². The summed E-state index contributed by atoms with van der Waals surface area (Å²) in [7, 11) is 0. The summed E-state index contributed by atoms with van der Waals surface area (Å²) in [6.07, 6.45) is 2.02. The van der Waals surface area contributed by atoms with Crippen LogP contribution in [0.3, 0.4) is 0 Å². The van der Waals surface area contributed by atoms with Crippen molar-refractivity contribution >= 4 is 11.9 Å². The number of furan rings is 1. The van der Waals surface area contributed by atoms with E-state index in [1.807, 2.05) is 6.92 Å². The third-order valence-electron chi connectivity index (χ3n) is 2.70. The maximum Gasteiger partial charge on any atom is 0.326 e. The average Bonchev–Trinajstić information content (AvgIpc) is 2.71. The minimum Gasteiger partial charge on any atom is -0.480 e. The molecule has 0 fully saturated rings. The van der Waals surface area contributed by atoms with Gasteiger partial charge >= 0.3 is 5.97 Å². The zero-order valence-corrected chi connectivity index (χ0v) is 11.1. The molecule has 2 N–H and O–H groups in total. The van der Waals surface area contributed by atoms with Gasteiger partial charge in [-0.3, -0.25) is 4.79 Å². The first-order valence-corrected chi connectivity index (χ1v) is 5.87. The highest BCUT2D eigenvalue weighted by atomic mass is 16.4. The van der Waals surface area contributed by atoms with Crippen LogP contribution in [-0.4, -0.2) is 23.0 Å². The molecule has 0 aromatic carbocycles. The van der Waals surface area contributed by atoms with Gasteiger partial charge in [-0.2, -0.15) is 0 Å². The average molecular weight is 253 g/mol. The Bertz CT molecular complexity index is 442. The van der Waals surface area contributed by atoms with Crippen LogP contribution in [-0.2, 0) is 11.2 Å². The van der Waals surface area contributed by atoms with E-state index in [0.717, 1.165) is 0 Å². The number of hydrogen-bond acceptors (Lipinski definition) is 3. The maximum absolute atomic E-state index is 12.0. The van der Waals surface area contributed by atoms with E-state index in [9.17, 15) is 9.59 Å². The predicted octanol–water partition coefficient (Wildman–Crippen LogP) is 2.07. The Morgan fingerprint density at radius 3 is 2.50 bits per heavy atom. The van der Waals surface area contributed by atoms with E-state index < -0.39 is 23.3 Å². The second-order valence-corrected chi connectivity index (χ2v) is 5.22. The summed E-state index contributed by atoms with van der Waals surface area (Å²) in [4.78, 5) is 23.2. The molecule has 0 aliphatic rings. The van der Waals surface area contributed by atoms with Crippen molar-refractivity contribution < 1.29 is 19.1 Å². The van der Waals surface area contributed by atoms with Crippen LogP contribution in [0.1, 0.15) is 43.8 Å². The van der Waals surface area contributed by atoms with Crippen LogP contribution >= 0.6 is 0 Å². The number of carbonyl (C=O) groups is 2. The molecule has 1 unspecified atom stereocenters. The van der Waals surface area contributed by atoms with E-state index in [1.165, 1.54) is 6.26 Å². The minimum absolute atomic E-state index is 0.396. The molecule has 1 aromatic heterocycles. The highest BCUT2D eigenvalue weighted by molar-refractivity contribution is 5.97. The fraction of sp³-hybridized carbons (Fsp3) is 0.538.